The number of carbonyl (C=O) groups excluding carboxylic acids is 1. The third-order valence-corrected chi connectivity index (χ3v) is 4.31. The Morgan fingerprint density at radius 1 is 1.17 bits per heavy atom. The summed E-state index contributed by atoms with van der Waals surface area (Å²) >= 11 is 0. The van der Waals surface area contributed by atoms with E-state index in [2.05, 4.69) is 5.10 Å². The molecule has 0 bridgehead atoms. The molecule has 0 radical (unpaired) electrons. The zero-order chi connectivity index (χ0) is 17.3. The normalized spacial score (nSPS) is 14.4. The van der Waals surface area contributed by atoms with Crippen LogP contribution in [-0.4, -0.2) is 47.8 Å². The second-order valence-electron chi connectivity index (χ2n) is 6.51. The van der Waals surface area contributed by atoms with Gasteiger partial charge in [-0.05, 0) is 37.3 Å². The predicted octanol–water partition coefficient (Wildman–Crippen LogP) is 1.39. The van der Waals surface area contributed by atoms with Crippen LogP contribution in [0.15, 0.2) is 41.2 Å². The molecule has 126 valence electrons. The van der Waals surface area contributed by atoms with E-state index in [0.29, 0.717) is 25.2 Å². The average molecular weight is 326 g/mol. The monoisotopic (exact) mass is 326 g/mol. The minimum absolute atomic E-state index is 0.0427. The molecule has 0 N–H and O–H groups in total. The van der Waals surface area contributed by atoms with Gasteiger partial charge in [0.25, 0.3) is 11.5 Å². The van der Waals surface area contributed by atoms with E-state index in [0.717, 1.165) is 11.4 Å². The van der Waals surface area contributed by atoms with Crippen LogP contribution < -0.4 is 10.5 Å². The SMILES string of the molecule is Cc1ccc(=O)n(CC2CN(C(=O)c3ccc(N(C)C)cc3)C2)n1. The lowest BCUT2D eigenvalue weighted by atomic mass is 9.98. The first-order valence-electron chi connectivity index (χ1n) is 8.05. The van der Waals surface area contributed by atoms with Gasteiger partial charge in [0.1, 0.15) is 0 Å². The molecule has 0 saturated carbocycles. The highest BCUT2D eigenvalue weighted by atomic mass is 16.2. The summed E-state index contributed by atoms with van der Waals surface area (Å²) in [4.78, 5) is 28.1. The lowest BCUT2D eigenvalue weighted by Crippen LogP contribution is -2.52. The van der Waals surface area contributed by atoms with Crippen LogP contribution in [-0.2, 0) is 6.54 Å². The molecule has 24 heavy (non-hydrogen) atoms. The number of hydrogen-bond acceptors (Lipinski definition) is 4. The summed E-state index contributed by atoms with van der Waals surface area (Å²) in [5.74, 6) is 0.322. The third-order valence-electron chi connectivity index (χ3n) is 4.31. The number of amides is 1. The van der Waals surface area contributed by atoms with Crippen molar-refractivity contribution in [3.05, 3.63) is 58.0 Å². The largest absolute Gasteiger partial charge is 0.378 e. The standard InChI is InChI=1S/C18H22N4O2/c1-13-4-9-17(23)22(19-13)12-14-10-21(11-14)18(24)15-5-7-16(8-6-15)20(2)3/h4-9,14H,10-12H2,1-3H3. The maximum absolute atomic E-state index is 12.5. The van der Waals surface area contributed by atoms with Gasteiger partial charge in [-0.3, -0.25) is 9.59 Å². The molecule has 1 aliphatic heterocycles. The van der Waals surface area contributed by atoms with Crippen molar-refractivity contribution in [2.75, 3.05) is 32.1 Å². The van der Waals surface area contributed by atoms with Crippen LogP contribution in [0.3, 0.4) is 0 Å². The van der Waals surface area contributed by atoms with Crippen LogP contribution in [0.4, 0.5) is 5.69 Å². The Balaban J connectivity index is 1.58. The van der Waals surface area contributed by atoms with Crippen molar-refractivity contribution in [3.63, 3.8) is 0 Å². The number of benzene rings is 1. The molecule has 2 aromatic rings. The molecular formula is C18H22N4O2. The summed E-state index contributed by atoms with van der Waals surface area (Å²) in [6.45, 7) is 3.75. The van der Waals surface area contributed by atoms with E-state index in [9.17, 15) is 9.59 Å². The van der Waals surface area contributed by atoms with Crippen LogP contribution in [0.5, 0.6) is 0 Å². The first kappa shape index (κ1) is 16.2. The maximum Gasteiger partial charge on any atom is 0.266 e. The van der Waals surface area contributed by atoms with Crippen molar-refractivity contribution in [3.8, 4) is 0 Å². The van der Waals surface area contributed by atoms with Crippen molar-refractivity contribution < 1.29 is 4.79 Å². The number of anilines is 1. The Morgan fingerprint density at radius 2 is 1.83 bits per heavy atom. The van der Waals surface area contributed by atoms with Crippen molar-refractivity contribution in [1.82, 2.24) is 14.7 Å². The number of likely N-dealkylation sites (tertiary alicyclic amines) is 1. The number of aryl methyl sites for hydroxylation is 1. The number of carbonyl (C=O) groups is 1. The Hall–Kier alpha value is -2.63. The Bertz CT molecular complexity index is 789. The third kappa shape index (κ3) is 3.32. The summed E-state index contributed by atoms with van der Waals surface area (Å²) in [5.41, 5.74) is 2.50. The van der Waals surface area contributed by atoms with E-state index < -0.39 is 0 Å². The molecule has 2 heterocycles. The summed E-state index contributed by atoms with van der Waals surface area (Å²) in [5, 5.41) is 4.24. The summed E-state index contributed by atoms with van der Waals surface area (Å²) < 4.78 is 1.49. The zero-order valence-electron chi connectivity index (χ0n) is 14.3. The number of aromatic nitrogens is 2. The Labute approximate surface area is 141 Å². The topological polar surface area (TPSA) is 58.4 Å². The summed E-state index contributed by atoms with van der Waals surface area (Å²) in [7, 11) is 3.94. The van der Waals surface area contributed by atoms with Gasteiger partial charge in [-0.15, -0.1) is 0 Å². The van der Waals surface area contributed by atoms with Crippen LogP contribution in [0, 0.1) is 12.8 Å². The fourth-order valence-electron chi connectivity index (χ4n) is 2.86. The predicted molar refractivity (Wildman–Crippen MR) is 93.4 cm³/mol. The Kier molecular flexibility index (Phi) is 4.38. The zero-order valence-corrected chi connectivity index (χ0v) is 14.3. The van der Waals surface area contributed by atoms with Gasteiger partial charge in [0, 0.05) is 50.4 Å². The molecule has 0 spiro atoms. The van der Waals surface area contributed by atoms with Gasteiger partial charge in [-0.1, -0.05) is 0 Å². The fourth-order valence-corrected chi connectivity index (χ4v) is 2.86. The minimum atomic E-state index is -0.0929. The van der Waals surface area contributed by atoms with Gasteiger partial charge >= 0.3 is 0 Å². The number of rotatable bonds is 4. The summed E-state index contributed by atoms with van der Waals surface area (Å²) in [6.07, 6.45) is 0. The minimum Gasteiger partial charge on any atom is -0.378 e. The highest BCUT2D eigenvalue weighted by Gasteiger charge is 2.31. The lowest BCUT2D eigenvalue weighted by molar-refractivity contribution is 0.0458. The molecule has 1 aromatic carbocycles. The van der Waals surface area contributed by atoms with Crippen LogP contribution in [0.2, 0.25) is 0 Å². The molecule has 6 nitrogen and oxygen atoms in total. The van der Waals surface area contributed by atoms with Gasteiger partial charge in [0.15, 0.2) is 0 Å². The van der Waals surface area contributed by atoms with E-state index in [1.165, 1.54) is 10.7 Å². The van der Waals surface area contributed by atoms with Crippen LogP contribution in [0.25, 0.3) is 0 Å². The summed E-state index contributed by atoms with van der Waals surface area (Å²) in [6, 6.07) is 10.9. The molecule has 0 unspecified atom stereocenters. The molecule has 1 aliphatic rings. The van der Waals surface area contributed by atoms with Crippen molar-refractivity contribution in [1.29, 1.82) is 0 Å². The first-order chi connectivity index (χ1) is 11.4. The van der Waals surface area contributed by atoms with E-state index in [1.54, 1.807) is 6.07 Å². The van der Waals surface area contributed by atoms with Crippen molar-refractivity contribution >= 4 is 11.6 Å². The van der Waals surface area contributed by atoms with E-state index in [4.69, 9.17) is 0 Å². The van der Waals surface area contributed by atoms with E-state index >= 15 is 0 Å². The maximum atomic E-state index is 12.5. The second-order valence-corrected chi connectivity index (χ2v) is 6.51. The molecule has 1 amide bonds. The second kappa shape index (κ2) is 6.47. The van der Waals surface area contributed by atoms with Gasteiger partial charge < -0.3 is 9.80 Å². The number of hydrogen-bond donors (Lipinski definition) is 0. The quantitative estimate of drug-likeness (QED) is 0.852. The lowest BCUT2D eigenvalue weighted by Gasteiger charge is -2.39. The smallest absolute Gasteiger partial charge is 0.266 e. The van der Waals surface area contributed by atoms with Crippen LogP contribution >= 0.6 is 0 Å². The highest BCUT2D eigenvalue weighted by molar-refractivity contribution is 5.95. The molecule has 1 aromatic heterocycles. The average Bonchev–Trinajstić information content (AvgIpc) is 2.53. The first-order valence-corrected chi connectivity index (χ1v) is 8.05. The highest BCUT2D eigenvalue weighted by Crippen LogP contribution is 2.21. The van der Waals surface area contributed by atoms with Gasteiger partial charge in [0.05, 0.1) is 12.2 Å². The number of nitrogens with zero attached hydrogens (tertiary/aromatic N) is 4. The van der Waals surface area contributed by atoms with Crippen LogP contribution in [0.1, 0.15) is 16.1 Å². The molecule has 0 atom stereocenters. The molecule has 3 rings (SSSR count). The van der Waals surface area contributed by atoms with Gasteiger partial charge in [-0.25, -0.2) is 4.68 Å². The molecule has 0 aliphatic carbocycles. The molecule has 1 saturated heterocycles. The molecular weight excluding hydrogens is 304 g/mol. The molecule has 1 fully saturated rings. The van der Waals surface area contributed by atoms with Gasteiger partial charge in [-0.2, -0.15) is 5.10 Å². The van der Waals surface area contributed by atoms with Crippen molar-refractivity contribution in [2.24, 2.45) is 5.92 Å². The van der Waals surface area contributed by atoms with E-state index in [-0.39, 0.29) is 17.4 Å². The van der Waals surface area contributed by atoms with Crippen molar-refractivity contribution in [2.45, 2.75) is 13.5 Å². The fraction of sp³-hybridized carbons (Fsp3) is 0.389. The Morgan fingerprint density at radius 3 is 2.46 bits per heavy atom. The molecule has 6 heteroatoms. The van der Waals surface area contributed by atoms with Gasteiger partial charge in [0.2, 0.25) is 0 Å². The van der Waals surface area contributed by atoms with E-state index in [1.807, 2.05) is 55.1 Å².